The minimum absolute atomic E-state index is 0.0668. The lowest BCUT2D eigenvalue weighted by Crippen LogP contribution is -2.43. The van der Waals surface area contributed by atoms with Crippen LogP contribution in [0, 0.1) is 5.82 Å². The van der Waals surface area contributed by atoms with Gasteiger partial charge >= 0.3 is 0 Å². The molecule has 0 unspecified atom stereocenters. The molecular weight excluding hydrogens is 389 g/mol. The van der Waals surface area contributed by atoms with Crippen molar-refractivity contribution in [3.63, 3.8) is 0 Å². The zero-order valence-electron chi connectivity index (χ0n) is 18.3. The maximum atomic E-state index is 13.7. The average Bonchev–Trinajstić information content (AvgIpc) is 2.74. The molecule has 1 heterocycles. The van der Waals surface area contributed by atoms with Crippen molar-refractivity contribution >= 4 is 11.9 Å². The van der Waals surface area contributed by atoms with Crippen LogP contribution in [0.25, 0.3) is 0 Å². The summed E-state index contributed by atoms with van der Waals surface area (Å²) in [5, 5.41) is 3.33. The highest BCUT2D eigenvalue weighted by Crippen LogP contribution is 2.15. The van der Waals surface area contributed by atoms with E-state index in [1.807, 2.05) is 11.9 Å². The Kier molecular flexibility index (Phi) is 10.4. The molecule has 0 atom stereocenters. The van der Waals surface area contributed by atoms with Crippen molar-refractivity contribution in [1.82, 2.24) is 20.0 Å². The van der Waals surface area contributed by atoms with Gasteiger partial charge in [-0.2, -0.15) is 0 Å². The molecule has 30 heavy (non-hydrogen) atoms. The molecule has 0 saturated carbocycles. The van der Waals surface area contributed by atoms with Crippen LogP contribution in [0.1, 0.15) is 6.42 Å². The normalized spacial score (nSPS) is 15.0. The van der Waals surface area contributed by atoms with Gasteiger partial charge in [-0.05, 0) is 25.1 Å². The summed E-state index contributed by atoms with van der Waals surface area (Å²) in [4.78, 5) is 22.2. The van der Waals surface area contributed by atoms with E-state index >= 15 is 0 Å². The number of guanidine groups is 1. The molecule has 0 aromatic heterocycles. The molecular formula is C21H34FN5O3. The first-order valence-corrected chi connectivity index (χ1v) is 10.3. The van der Waals surface area contributed by atoms with Gasteiger partial charge in [0, 0.05) is 40.8 Å². The minimum atomic E-state index is -0.383. The molecule has 168 valence electrons. The summed E-state index contributed by atoms with van der Waals surface area (Å²) in [5.41, 5.74) is 0. The number of halogens is 1. The maximum absolute atomic E-state index is 13.7. The predicted octanol–water partition coefficient (Wildman–Crippen LogP) is 0.892. The van der Waals surface area contributed by atoms with E-state index in [1.54, 1.807) is 32.3 Å². The number of hydrogen-bond donors (Lipinski definition) is 1. The lowest BCUT2D eigenvalue weighted by molar-refractivity contribution is -0.127. The van der Waals surface area contributed by atoms with Gasteiger partial charge in [-0.3, -0.25) is 9.69 Å². The van der Waals surface area contributed by atoms with Gasteiger partial charge in [-0.1, -0.05) is 12.1 Å². The van der Waals surface area contributed by atoms with Gasteiger partial charge in [0.15, 0.2) is 17.5 Å². The number of amides is 1. The highest BCUT2D eigenvalue weighted by atomic mass is 19.1. The van der Waals surface area contributed by atoms with E-state index in [-0.39, 0.29) is 24.0 Å². The molecule has 1 saturated heterocycles. The first kappa shape index (κ1) is 23.9. The largest absolute Gasteiger partial charge is 0.489 e. The van der Waals surface area contributed by atoms with Crippen molar-refractivity contribution in [2.24, 2.45) is 4.99 Å². The van der Waals surface area contributed by atoms with Gasteiger partial charge in [-0.15, -0.1) is 0 Å². The topological polar surface area (TPSA) is 69.6 Å². The van der Waals surface area contributed by atoms with Gasteiger partial charge in [0.05, 0.1) is 19.8 Å². The number of ether oxygens (including phenoxy) is 2. The Balaban J connectivity index is 1.83. The lowest BCUT2D eigenvalue weighted by atomic mass is 10.3. The van der Waals surface area contributed by atoms with Crippen LogP contribution in [0.3, 0.4) is 0 Å². The van der Waals surface area contributed by atoms with Crippen LogP contribution in [-0.2, 0) is 9.53 Å². The Hall–Kier alpha value is -2.39. The smallest absolute Gasteiger partial charge is 0.243 e. The Labute approximate surface area is 178 Å². The zero-order valence-corrected chi connectivity index (χ0v) is 18.3. The van der Waals surface area contributed by atoms with Crippen molar-refractivity contribution in [2.45, 2.75) is 6.42 Å². The molecule has 1 aliphatic rings. The average molecular weight is 424 g/mol. The summed E-state index contributed by atoms with van der Waals surface area (Å²) in [7, 11) is 5.29. The number of likely N-dealkylation sites (N-methyl/N-ethyl adjacent to an activating group) is 2. The SMILES string of the molecule is CN(C)C(=O)CN=C(NCCCN1CCOCC1)N(C)CCOc1ccccc1F. The number of morpholine rings is 1. The summed E-state index contributed by atoms with van der Waals surface area (Å²) in [5.74, 6) is 0.403. The quantitative estimate of drug-likeness (QED) is 0.343. The minimum Gasteiger partial charge on any atom is -0.489 e. The number of carbonyl (C=O) groups excluding carboxylic acids is 1. The standard InChI is InChI=1S/C21H34FN5O3/c1-25(2)20(28)17-24-21(23-9-6-10-27-12-14-29-15-13-27)26(3)11-16-30-19-8-5-4-7-18(19)22/h4-5,7-8H,6,9-17H2,1-3H3,(H,23,24). The van der Waals surface area contributed by atoms with Gasteiger partial charge < -0.3 is 24.6 Å². The van der Waals surface area contributed by atoms with Crippen molar-refractivity contribution < 1.29 is 18.7 Å². The fourth-order valence-corrected chi connectivity index (χ4v) is 2.88. The second-order valence-corrected chi connectivity index (χ2v) is 7.36. The van der Waals surface area contributed by atoms with Gasteiger partial charge in [0.1, 0.15) is 13.2 Å². The van der Waals surface area contributed by atoms with Crippen LogP contribution in [0.4, 0.5) is 4.39 Å². The Morgan fingerprint density at radius 2 is 2.00 bits per heavy atom. The second-order valence-electron chi connectivity index (χ2n) is 7.36. The first-order valence-electron chi connectivity index (χ1n) is 10.3. The van der Waals surface area contributed by atoms with E-state index in [1.165, 1.54) is 11.0 Å². The molecule has 1 aromatic rings. The molecule has 2 rings (SSSR count). The molecule has 0 radical (unpaired) electrons. The Morgan fingerprint density at radius 3 is 2.70 bits per heavy atom. The van der Waals surface area contributed by atoms with Crippen LogP contribution in [-0.4, -0.2) is 107 Å². The van der Waals surface area contributed by atoms with Crippen LogP contribution >= 0.6 is 0 Å². The number of nitrogens with zero attached hydrogens (tertiary/aromatic N) is 4. The Morgan fingerprint density at radius 1 is 1.27 bits per heavy atom. The molecule has 1 aromatic carbocycles. The lowest BCUT2D eigenvalue weighted by Gasteiger charge is -2.27. The van der Waals surface area contributed by atoms with Gasteiger partial charge in [-0.25, -0.2) is 9.38 Å². The molecule has 1 amide bonds. The number of hydrogen-bond acceptors (Lipinski definition) is 5. The fourth-order valence-electron chi connectivity index (χ4n) is 2.88. The van der Waals surface area contributed by atoms with Crippen LogP contribution in [0.2, 0.25) is 0 Å². The van der Waals surface area contributed by atoms with Crippen molar-refractivity contribution in [2.75, 3.05) is 80.2 Å². The summed E-state index contributed by atoms with van der Waals surface area (Å²) in [6.45, 7) is 6.10. The number of carbonyl (C=O) groups is 1. The molecule has 9 heteroatoms. The molecule has 1 N–H and O–H groups in total. The number of benzene rings is 1. The van der Waals surface area contributed by atoms with Crippen LogP contribution in [0.15, 0.2) is 29.3 Å². The highest BCUT2D eigenvalue weighted by Gasteiger charge is 2.12. The van der Waals surface area contributed by atoms with E-state index in [2.05, 4.69) is 15.2 Å². The fraction of sp³-hybridized carbons (Fsp3) is 0.619. The number of para-hydroxylation sites is 1. The van der Waals surface area contributed by atoms with Gasteiger partial charge in [0.25, 0.3) is 0 Å². The molecule has 0 aliphatic carbocycles. The third-order valence-corrected chi connectivity index (χ3v) is 4.78. The second kappa shape index (κ2) is 13.0. The van der Waals surface area contributed by atoms with Crippen molar-refractivity contribution in [3.05, 3.63) is 30.1 Å². The number of nitrogens with one attached hydrogen (secondary N) is 1. The van der Waals surface area contributed by atoms with E-state index < -0.39 is 0 Å². The van der Waals surface area contributed by atoms with E-state index in [4.69, 9.17) is 9.47 Å². The molecule has 0 bridgehead atoms. The molecule has 8 nitrogen and oxygen atoms in total. The summed E-state index contributed by atoms with van der Waals surface area (Å²) >= 11 is 0. The zero-order chi connectivity index (χ0) is 21.8. The molecule has 0 spiro atoms. The summed E-state index contributed by atoms with van der Waals surface area (Å²) in [6, 6.07) is 6.33. The van der Waals surface area contributed by atoms with Crippen molar-refractivity contribution in [3.8, 4) is 5.75 Å². The van der Waals surface area contributed by atoms with Crippen LogP contribution in [0.5, 0.6) is 5.75 Å². The first-order chi connectivity index (χ1) is 14.5. The van der Waals surface area contributed by atoms with E-state index in [9.17, 15) is 9.18 Å². The van der Waals surface area contributed by atoms with E-state index in [0.717, 1.165) is 45.8 Å². The third kappa shape index (κ3) is 8.54. The predicted molar refractivity (Wildman–Crippen MR) is 115 cm³/mol. The molecule has 1 aliphatic heterocycles. The monoisotopic (exact) mass is 423 g/mol. The number of rotatable bonds is 10. The maximum Gasteiger partial charge on any atom is 0.243 e. The summed E-state index contributed by atoms with van der Waals surface area (Å²) in [6.07, 6.45) is 0.959. The molecule has 1 fully saturated rings. The van der Waals surface area contributed by atoms with Crippen molar-refractivity contribution in [1.29, 1.82) is 0 Å². The van der Waals surface area contributed by atoms with Gasteiger partial charge in [0.2, 0.25) is 5.91 Å². The van der Waals surface area contributed by atoms with Crippen LogP contribution < -0.4 is 10.1 Å². The third-order valence-electron chi connectivity index (χ3n) is 4.78. The highest BCUT2D eigenvalue weighted by molar-refractivity contribution is 5.84. The Bertz CT molecular complexity index is 680. The summed E-state index contributed by atoms with van der Waals surface area (Å²) < 4.78 is 24.6. The number of aliphatic imine (C=N–C) groups is 1. The van der Waals surface area contributed by atoms with E-state index in [0.29, 0.717) is 19.1 Å².